The first kappa shape index (κ1) is 39.5. The van der Waals surface area contributed by atoms with Gasteiger partial charge in [-0.15, -0.1) is 0 Å². The minimum Gasteiger partial charge on any atom is -0.444 e. The number of benzene rings is 1. The highest BCUT2D eigenvalue weighted by Crippen LogP contribution is 2.37. The number of amides is 2. The highest BCUT2D eigenvalue weighted by molar-refractivity contribution is 5.96. The minimum atomic E-state index is -4.87. The van der Waals surface area contributed by atoms with E-state index in [1.54, 1.807) is 37.8 Å². The Labute approximate surface area is 317 Å². The fourth-order valence-corrected chi connectivity index (χ4v) is 6.81. The fraction of sp³-hybridized carbons (Fsp3) is 0.526. The molecule has 14 nitrogen and oxygen atoms in total. The van der Waals surface area contributed by atoms with Crippen LogP contribution in [0.2, 0.25) is 0 Å². The molecular formula is C38H48F3N9O5. The molecule has 6 rings (SSSR count). The number of fused-ring (bicyclic) bond motifs is 1. The van der Waals surface area contributed by atoms with Gasteiger partial charge in [0, 0.05) is 68.5 Å². The molecule has 2 aliphatic heterocycles. The van der Waals surface area contributed by atoms with Gasteiger partial charge in [0.15, 0.2) is 17.2 Å². The number of halogens is 3. The average Bonchev–Trinajstić information content (AvgIpc) is 3.82. The van der Waals surface area contributed by atoms with Crippen molar-refractivity contribution in [1.29, 1.82) is 0 Å². The normalized spacial score (nSPS) is 17.0. The van der Waals surface area contributed by atoms with Gasteiger partial charge < -0.3 is 29.9 Å². The van der Waals surface area contributed by atoms with Crippen molar-refractivity contribution in [3.05, 3.63) is 59.8 Å². The lowest BCUT2D eigenvalue weighted by atomic mass is 10.0. The molecule has 0 radical (unpaired) electrons. The van der Waals surface area contributed by atoms with Crippen LogP contribution in [-0.2, 0) is 22.1 Å². The van der Waals surface area contributed by atoms with E-state index in [1.807, 2.05) is 33.8 Å². The van der Waals surface area contributed by atoms with Gasteiger partial charge >= 0.3 is 18.4 Å². The number of hydrogen-bond acceptors (Lipinski definition) is 10. The number of hydrogen-bond donors (Lipinski definition) is 2. The van der Waals surface area contributed by atoms with Crippen LogP contribution in [-0.4, -0.2) is 103 Å². The molecular weight excluding hydrogens is 719 g/mol. The zero-order valence-corrected chi connectivity index (χ0v) is 32.2. The van der Waals surface area contributed by atoms with Crippen molar-refractivity contribution in [2.45, 2.75) is 78.7 Å². The Kier molecular flexibility index (Phi) is 10.9. The zero-order valence-electron chi connectivity index (χ0n) is 32.2. The smallest absolute Gasteiger partial charge is 0.435 e. The molecule has 2 saturated heterocycles. The third kappa shape index (κ3) is 9.37. The van der Waals surface area contributed by atoms with Crippen LogP contribution >= 0.6 is 0 Å². The Morgan fingerprint density at radius 2 is 1.65 bits per heavy atom. The molecule has 1 atom stereocenters. The molecule has 0 saturated carbocycles. The predicted octanol–water partition coefficient (Wildman–Crippen LogP) is 6.62. The molecule has 0 aliphatic carbocycles. The SMILES string of the molecule is CCc1cc(Nc2nccn3c(-c4cn(C(=O)OC(C)(C)C)nc4C(F)(F)F)cnc23)ccc1C(=O)NCC1CCN(CC2CN(C(=O)OC(C)(C)C)C2)C1. The lowest BCUT2D eigenvalue weighted by molar-refractivity contribution is -0.140. The second-order valence-corrected chi connectivity index (χ2v) is 16.2. The van der Waals surface area contributed by atoms with Crippen molar-refractivity contribution >= 4 is 35.2 Å². The average molecular weight is 768 g/mol. The van der Waals surface area contributed by atoms with Crippen molar-refractivity contribution in [2.75, 3.05) is 44.6 Å². The monoisotopic (exact) mass is 767 g/mol. The van der Waals surface area contributed by atoms with Crippen LogP contribution in [0.4, 0.5) is 34.3 Å². The van der Waals surface area contributed by atoms with Gasteiger partial charge in [0.2, 0.25) is 0 Å². The van der Waals surface area contributed by atoms with Crippen molar-refractivity contribution < 1.29 is 37.0 Å². The summed E-state index contributed by atoms with van der Waals surface area (Å²) in [6.45, 7) is 17.0. The highest BCUT2D eigenvalue weighted by Gasteiger charge is 2.40. The van der Waals surface area contributed by atoms with E-state index in [0.717, 1.165) is 37.8 Å². The molecule has 1 unspecified atom stereocenters. The van der Waals surface area contributed by atoms with Crippen LogP contribution in [0.3, 0.4) is 0 Å². The molecule has 2 aliphatic rings. The van der Waals surface area contributed by atoms with Gasteiger partial charge in [-0.1, -0.05) is 6.92 Å². The first-order chi connectivity index (χ1) is 25.8. The Morgan fingerprint density at radius 1 is 0.945 bits per heavy atom. The molecule has 2 amide bonds. The van der Waals surface area contributed by atoms with Gasteiger partial charge in [0.25, 0.3) is 5.91 Å². The van der Waals surface area contributed by atoms with Crippen LogP contribution in [0, 0.1) is 11.8 Å². The van der Waals surface area contributed by atoms with Gasteiger partial charge in [-0.2, -0.15) is 23.0 Å². The standard InChI is InChI=1S/C38H48F3N9O5/c1-8-25-15-26(9-10-27(25)33(51)44-16-23-11-13-47(18-23)19-24-20-48(21-24)34(52)54-36(2,3)4)45-31-32-43-17-29(49(32)14-12-42-31)28-22-50(35(53)55-37(5,6)7)46-30(28)38(39,40)41/h9-10,12,14-15,17,22-24H,8,11,13,16,18-21H2,1-7H3,(H,42,45)(H,44,51). The summed E-state index contributed by atoms with van der Waals surface area (Å²) in [5.41, 5.74) is -0.833. The van der Waals surface area contributed by atoms with Gasteiger partial charge in [-0.3, -0.25) is 9.20 Å². The first-order valence-electron chi connectivity index (χ1n) is 18.4. The number of carbonyl (C=O) groups excluding carboxylic acids is 3. The van der Waals surface area contributed by atoms with E-state index in [-0.39, 0.29) is 34.7 Å². The molecule has 5 heterocycles. The van der Waals surface area contributed by atoms with Crippen molar-refractivity contribution in [1.82, 2.24) is 39.3 Å². The quantitative estimate of drug-likeness (QED) is 0.191. The van der Waals surface area contributed by atoms with E-state index in [1.165, 1.54) is 23.0 Å². The van der Waals surface area contributed by atoms with E-state index in [0.29, 0.717) is 53.8 Å². The molecule has 296 valence electrons. The maximum absolute atomic E-state index is 14.1. The number of nitrogens with one attached hydrogen (secondary N) is 2. The number of nitrogens with zero attached hydrogens (tertiary/aromatic N) is 7. The largest absolute Gasteiger partial charge is 0.444 e. The zero-order chi connectivity index (χ0) is 39.9. The summed E-state index contributed by atoms with van der Waals surface area (Å²) in [6, 6.07) is 5.32. The number of likely N-dealkylation sites (tertiary alicyclic amines) is 2. The highest BCUT2D eigenvalue weighted by atomic mass is 19.4. The molecule has 3 aromatic heterocycles. The van der Waals surface area contributed by atoms with Crippen LogP contribution in [0.5, 0.6) is 0 Å². The summed E-state index contributed by atoms with van der Waals surface area (Å²) in [5, 5.41) is 9.83. The lowest BCUT2D eigenvalue weighted by Gasteiger charge is -2.41. The summed E-state index contributed by atoms with van der Waals surface area (Å²) < 4.78 is 55.0. The summed E-state index contributed by atoms with van der Waals surface area (Å²) in [7, 11) is 0. The van der Waals surface area contributed by atoms with E-state index >= 15 is 0 Å². The van der Waals surface area contributed by atoms with Crippen LogP contribution in [0.25, 0.3) is 16.9 Å². The Bertz CT molecular complexity index is 2060. The Hall–Kier alpha value is -5.19. The van der Waals surface area contributed by atoms with Gasteiger partial charge in [-0.25, -0.2) is 19.6 Å². The summed E-state index contributed by atoms with van der Waals surface area (Å²) in [4.78, 5) is 51.1. The van der Waals surface area contributed by atoms with E-state index in [4.69, 9.17) is 9.47 Å². The topological polar surface area (TPSA) is 148 Å². The molecule has 17 heteroatoms. The third-order valence-electron chi connectivity index (χ3n) is 9.31. The van der Waals surface area contributed by atoms with Gasteiger partial charge in [0.1, 0.15) is 11.2 Å². The van der Waals surface area contributed by atoms with Crippen molar-refractivity contribution in [3.8, 4) is 11.3 Å². The molecule has 0 bridgehead atoms. The van der Waals surface area contributed by atoms with Crippen molar-refractivity contribution in [2.24, 2.45) is 11.8 Å². The van der Waals surface area contributed by atoms with E-state index in [2.05, 4.69) is 30.6 Å². The molecule has 0 spiro atoms. The first-order valence-corrected chi connectivity index (χ1v) is 18.4. The number of imidazole rings is 1. The number of carbonyl (C=O) groups is 3. The minimum absolute atomic E-state index is 0.0436. The van der Waals surface area contributed by atoms with Crippen LogP contribution in [0.15, 0.2) is 43.0 Å². The summed E-state index contributed by atoms with van der Waals surface area (Å²) in [6.07, 6.45) is 0.491. The number of rotatable bonds is 9. The van der Waals surface area contributed by atoms with E-state index < -0.39 is 29.2 Å². The Balaban J connectivity index is 1.08. The fourth-order valence-electron chi connectivity index (χ4n) is 6.81. The number of alkyl halides is 3. The summed E-state index contributed by atoms with van der Waals surface area (Å²) in [5.74, 6) is 0.837. The van der Waals surface area contributed by atoms with Gasteiger partial charge in [0.05, 0.1) is 17.5 Å². The second-order valence-electron chi connectivity index (χ2n) is 16.2. The van der Waals surface area contributed by atoms with E-state index in [9.17, 15) is 27.6 Å². The van der Waals surface area contributed by atoms with Gasteiger partial charge in [-0.05, 0) is 90.6 Å². The predicted molar refractivity (Wildman–Crippen MR) is 198 cm³/mol. The maximum Gasteiger partial charge on any atom is 0.435 e. The number of anilines is 2. The second kappa shape index (κ2) is 15.2. The maximum atomic E-state index is 14.1. The lowest BCUT2D eigenvalue weighted by Crippen LogP contribution is -2.54. The summed E-state index contributed by atoms with van der Waals surface area (Å²) >= 11 is 0. The number of ether oxygens (including phenoxy) is 2. The molecule has 2 N–H and O–H groups in total. The third-order valence-corrected chi connectivity index (χ3v) is 9.31. The Morgan fingerprint density at radius 3 is 2.33 bits per heavy atom. The molecule has 2 fully saturated rings. The number of aromatic nitrogens is 5. The number of aryl methyl sites for hydroxylation is 1. The van der Waals surface area contributed by atoms with Crippen molar-refractivity contribution in [3.63, 3.8) is 0 Å². The van der Waals surface area contributed by atoms with Crippen LogP contribution < -0.4 is 10.6 Å². The van der Waals surface area contributed by atoms with Crippen LogP contribution in [0.1, 0.15) is 76.5 Å². The molecule has 4 aromatic rings. The molecule has 55 heavy (non-hydrogen) atoms. The molecule has 1 aromatic carbocycles.